The summed E-state index contributed by atoms with van der Waals surface area (Å²) in [6.07, 6.45) is 15.8. The van der Waals surface area contributed by atoms with Crippen molar-refractivity contribution in [1.29, 1.82) is 0 Å². The number of piperidine rings is 4. The smallest absolute Gasteiger partial charge is 0.196 e. The summed E-state index contributed by atoms with van der Waals surface area (Å²) in [6, 6.07) is 16.3. The lowest BCUT2D eigenvalue weighted by atomic mass is 9.49. The lowest BCUT2D eigenvalue weighted by molar-refractivity contribution is -0.185. The zero-order valence-corrected chi connectivity index (χ0v) is 52.6. The molecule has 8 heterocycles. The fourth-order valence-corrected chi connectivity index (χ4v) is 21.5. The van der Waals surface area contributed by atoms with E-state index in [9.17, 15) is 50.1 Å². The summed E-state index contributed by atoms with van der Waals surface area (Å²) < 4.78 is 30.4. The first-order valence-electron chi connectivity index (χ1n) is 32.9. The normalized spacial score (nSPS) is 38.6. The summed E-state index contributed by atoms with van der Waals surface area (Å²) in [5.74, 6) is 3.59. The summed E-state index contributed by atoms with van der Waals surface area (Å²) >= 11 is 0. The molecule has 0 amide bonds. The van der Waals surface area contributed by atoms with E-state index in [1.807, 2.05) is 56.6 Å². The molecule has 19 heteroatoms. The van der Waals surface area contributed by atoms with Gasteiger partial charge in [-0.05, 0) is 170 Å². The maximum Gasteiger partial charge on any atom is 0.196 e. The molecule has 8 aliphatic heterocycles. The van der Waals surface area contributed by atoms with Crippen LogP contribution in [0.3, 0.4) is 0 Å². The Labute approximate surface area is 533 Å². The number of rotatable bonds is 5. The standard InChI is InChI=1S/C19H21NO3.C18H21NO4.2C18H19NO4/c1-20-8-7-19-13-5-6-15(22-2)18(19)23-17-12(10-21)4-3-11(16(17)19)9-14(13)20;3*1-19-7-6-17-14-10-2-3-11(9-20)15(14)23-16(17)12(21)4-5-18(17,22)13(19)8-10/h3-6,14,18,21H,7-10H2,1-2H3;2-3,13,16,20,22H,4-9H2,1H3;2*2-5,13,16,20,22H,6-9H2,1H3/t14-,18?,19+;3*13-,16?,17+,18?/m1111/s1. The minimum Gasteiger partial charge on any atom is -0.497 e. The van der Waals surface area contributed by atoms with Crippen molar-refractivity contribution in [2.45, 2.75) is 178 Å². The van der Waals surface area contributed by atoms with Crippen molar-refractivity contribution in [3.05, 3.63) is 163 Å². The van der Waals surface area contributed by atoms with E-state index in [4.69, 9.17) is 23.7 Å². The fraction of sp³-hybridized carbons (Fsp3) is 0.521. The zero-order valence-electron chi connectivity index (χ0n) is 52.6. The molecule has 482 valence electrons. The first kappa shape index (κ1) is 59.2. The number of nitrogens with zero attached hydrogens (tertiary/aromatic N) is 4. The molecule has 0 radical (unpaired) electrons. The summed E-state index contributed by atoms with van der Waals surface area (Å²) in [6.45, 7) is 3.18. The van der Waals surface area contributed by atoms with Crippen LogP contribution in [0.2, 0.25) is 0 Å². The third-order valence-corrected chi connectivity index (χ3v) is 25.8. The Bertz CT molecular complexity index is 3920. The van der Waals surface area contributed by atoms with Gasteiger partial charge in [0.05, 0.1) is 60.8 Å². The number of allylic oxidation sites excluding steroid dienone is 2. The fourth-order valence-electron chi connectivity index (χ4n) is 21.5. The third-order valence-electron chi connectivity index (χ3n) is 25.8. The van der Waals surface area contributed by atoms with E-state index in [1.165, 1.54) is 28.9 Å². The minimum atomic E-state index is -1.11. The molecule has 4 saturated heterocycles. The first-order chi connectivity index (χ1) is 44.3. The van der Waals surface area contributed by atoms with Gasteiger partial charge in [-0.1, -0.05) is 54.6 Å². The number of carbonyl (C=O) groups is 3. The van der Waals surface area contributed by atoms with E-state index < -0.39 is 51.4 Å². The van der Waals surface area contributed by atoms with Crippen molar-refractivity contribution in [2.75, 3.05) is 61.5 Å². The number of ether oxygens (including phenoxy) is 5. The van der Waals surface area contributed by atoms with E-state index in [-0.39, 0.29) is 73.4 Å². The van der Waals surface area contributed by atoms with E-state index in [2.05, 4.69) is 51.9 Å². The average Bonchev–Trinajstić information content (AvgIpc) is 1.43. The molecule has 7 N–H and O–H groups in total. The van der Waals surface area contributed by atoms with Gasteiger partial charge in [-0.25, -0.2) is 0 Å². The quantitative estimate of drug-likeness (QED) is 0.152. The molecule has 0 aromatic heterocycles. The van der Waals surface area contributed by atoms with Crippen molar-refractivity contribution in [1.82, 2.24) is 19.6 Å². The van der Waals surface area contributed by atoms with Crippen LogP contribution in [0.15, 0.2) is 96.3 Å². The van der Waals surface area contributed by atoms with Crippen LogP contribution in [-0.2, 0) is 92.9 Å². The Morgan fingerprint density at radius 2 is 0.891 bits per heavy atom. The maximum atomic E-state index is 12.6. The van der Waals surface area contributed by atoms with Crippen molar-refractivity contribution in [3.8, 4) is 23.0 Å². The predicted octanol–water partition coefficient (Wildman–Crippen LogP) is 3.06. The van der Waals surface area contributed by atoms with Gasteiger partial charge >= 0.3 is 0 Å². The molecule has 4 aromatic carbocycles. The second-order valence-electron chi connectivity index (χ2n) is 29.1. The van der Waals surface area contributed by atoms with Gasteiger partial charge in [0.2, 0.25) is 0 Å². The molecule has 4 aromatic rings. The highest BCUT2D eigenvalue weighted by Gasteiger charge is 2.75. The number of hydrogen-bond acceptors (Lipinski definition) is 19. The highest BCUT2D eigenvalue weighted by Crippen LogP contribution is 2.67. The van der Waals surface area contributed by atoms with Gasteiger partial charge in [-0.3, -0.25) is 29.1 Å². The Morgan fingerprint density at radius 3 is 1.38 bits per heavy atom. The zero-order chi connectivity index (χ0) is 63.7. The minimum absolute atomic E-state index is 0.0137. The highest BCUT2D eigenvalue weighted by atomic mass is 16.5. The number of benzene rings is 4. The number of Topliss-reactive ketones (excluding diaryl/α,β-unsaturated/α-hetero) is 1. The average molecular weight is 1250 g/mol. The Morgan fingerprint density at radius 1 is 0.478 bits per heavy atom. The molecule has 20 rings (SSSR count). The van der Waals surface area contributed by atoms with Gasteiger partial charge in [0, 0.05) is 75.1 Å². The van der Waals surface area contributed by atoms with Gasteiger partial charge in [-0.2, -0.15) is 0 Å². The summed E-state index contributed by atoms with van der Waals surface area (Å²) in [7, 11) is 10.0. The molecule has 5 fully saturated rings. The first-order valence-corrected chi connectivity index (χ1v) is 32.9. The number of methoxy groups -OCH3 is 1. The summed E-state index contributed by atoms with van der Waals surface area (Å²) in [5, 5.41) is 73.7. The Kier molecular flexibility index (Phi) is 12.9. The lowest BCUT2D eigenvalue weighted by Gasteiger charge is -2.62. The second kappa shape index (κ2) is 20.0. The van der Waals surface area contributed by atoms with E-state index >= 15 is 0 Å². The Hall–Kier alpha value is -6.59. The number of aliphatic hydroxyl groups is 7. The van der Waals surface area contributed by atoms with Crippen LogP contribution < -0.4 is 18.9 Å². The number of aliphatic hydroxyl groups excluding tert-OH is 4. The van der Waals surface area contributed by atoms with Crippen LogP contribution in [0.5, 0.6) is 23.0 Å². The summed E-state index contributed by atoms with van der Waals surface area (Å²) in [5.41, 5.74) is 8.17. The van der Waals surface area contributed by atoms with Gasteiger partial charge in [0.25, 0.3) is 0 Å². The lowest BCUT2D eigenvalue weighted by Crippen LogP contribution is -2.76. The molecular formula is C73H80N4O15. The molecule has 16 aliphatic rings. The molecule has 7 unspecified atom stereocenters. The van der Waals surface area contributed by atoms with Gasteiger partial charge < -0.3 is 64.3 Å². The van der Waals surface area contributed by atoms with Crippen LogP contribution in [0.4, 0.5) is 0 Å². The maximum absolute atomic E-state index is 12.6. The van der Waals surface area contributed by atoms with Crippen LogP contribution >= 0.6 is 0 Å². The molecular weight excluding hydrogens is 1170 g/mol. The molecule has 8 aliphatic carbocycles. The van der Waals surface area contributed by atoms with Crippen LogP contribution in [0.1, 0.15) is 105 Å². The largest absolute Gasteiger partial charge is 0.497 e. The van der Waals surface area contributed by atoms with E-state index in [1.54, 1.807) is 19.3 Å². The predicted molar refractivity (Wildman–Crippen MR) is 333 cm³/mol. The molecule has 1 saturated carbocycles. The number of likely N-dealkylation sites (tertiary alicyclic amines) is 4. The van der Waals surface area contributed by atoms with Crippen LogP contribution in [-0.4, -0.2) is 200 Å². The Balaban J connectivity index is 0.0000000939. The molecule has 92 heavy (non-hydrogen) atoms. The van der Waals surface area contributed by atoms with Crippen molar-refractivity contribution in [2.24, 2.45) is 0 Å². The SMILES string of the molecule is CN1CC[C@]23c4c5ccc(CO)c4OC2C(=O)C=CC3(O)[C@H]1C5.CN1CC[C@]23c4c5ccc(CO)c4OC2C(=O)C=CC3(O)[C@H]1C5.CN1CC[C@]23c4c5ccc(CO)c4OC2C(=O)CCC3(O)[C@H]1C5.COC1=CC=C2[C@H]3Cc4ccc(CO)c5c4[C@@]2(CCN3C)C1O5. The molecule has 4 spiro atoms. The van der Waals surface area contributed by atoms with Gasteiger partial charge in [-0.15, -0.1) is 0 Å². The molecule has 15 atom stereocenters. The number of hydrogen-bond donors (Lipinski definition) is 7. The number of carbonyl (C=O) groups excluding carboxylic acids is 3. The highest BCUT2D eigenvalue weighted by molar-refractivity contribution is 6.00. The second-order valence-corrected chi connectivity index (χ2v) is 29.1. The third kappa shape index (κ3) is 6.95. The summed E-state index contributed by atoms with van der Waals surface area (Å²) in [4.78, 5) is 46.8. The molecule has 8 bridgehead atoms. The topological polar surface area (TPSA) is 252 Å². The number of likely N-dealkylation sites (N-methyl/N-ethyl adjacent to an activating group) is 4. The van der Waals surface area contributed by atoms with Crippen LogP contribution in [0.25, 0.3) is 0 Å². The van der Waals surface area contributed by atoms with Crippen LogP contribution in [0, 0.1) is 0 Å². The van der Waals surface area contributed by atoms with Crippen molar-refractivity contribution >= 4 is 17.3 Å². The van der Waals surface area contributed by atoms with E-state index in [0.717, 1.165) is 121 Å². The van der Waals surface area contributed by atoms with Crippen molar-refractivity contribution in [3.63, 3.8) is 0 Å². The monoisotopic (exact) mass is 1250 g/mol. The number of ketones is 3. The van der Waals surface area contributed by atoms with Gasteiger partial charge in [0.1, 0.15) is 40.0 Å². The van der Waals surface area contributed by atoms with Gasteiger partial charge in [0.15, 0.2) is 41.8 Å². The van der Waals surface area contributed by atoms with E-state index in [0.29, 0.717) is 60.1 Å². The van der Waals surface area contributed by atoms with Crippen molar-refractivity contribution < 1.29 is 73.8 Å². The molecule has 19 nitrogen and oxygen atoms in total.